The Bertz CT molecular complexity index is 297. The summed E-state index contributed by atoms with van der Waals surface area (Å²) in [7, 11) is 0. The van der Waals surface area contributed by atoms with Gasteiger partial charge in [0.2, 0.25) is 5.91 Å². The van der Waals surface area contributed by atoms with Crippen molar-refractivity contribution < 1.29 is 4.79 Å². The third kappa shape index (κ3) is 1.84. The van der Waals surface area contributed by atoms with Crippen LogP contribution in [0, 0.1) is 5.92 Å². The predicted molar refractivity (Wildman–Crippen MR) is 61.6 cm³/mol. The minimum absolute atomic E-state index is 0.0513. The van der Waals surface area contributed by atoms with Crippen LogP contribution in [0.2, 0.25) is 0 Å². The molecule has 0 aromatic carbocycles. The summed E-state index contributed by atoms with van der Waals surface area (Å²) in [5.74, 6) is 1.00. The lowest BCUT2D eigenvalue weighted by Gasteiger charge is -2.27. The van der Waals surface area contributed by atoms with Gasteiger partial charge in [-0.05, 0) is 45.1 Å². The van der Waals surface area contributed by atoms with E-state index in [0.717, 1.165) is 19.0 Å². The van der Waals surface area contributed by atoms with E-state index in [1.165, 1.54) is 25.7 Å². The quantitative estimate of drug-likeness (QED) is 0.738. The van der Waals surface area contributed by atoms with Gasteiger partial charge in [0.25, 0.3) is 0 Å². The van der Waals surface area contributed by atoms with Gasteiger partial charge in [-0.1, -0.05) is 0 Å². The number of carbonyl (C=O) groups is 1. The first kappa shape index (κ1) is 10.5. The highest BCUT2D eigenvalue weighted by molar-refractivity contribution is 5.79. The molecule has 90 valence electrons. The van der Waals surface area contributed by atoms with E-state index in [-0.39, 0.29) is 11.4 Å². The molecule has 1 aliphatic carbocycles. The first-order valence-electron chi connectivity index (χ1n) is 6.49. The smallest absolute Gasteiger partial charge is 0.238 e. The summed E-state index contributed by atoms with van der Waals surface area (Å²) in [5.41, 5.74) is 3.50. The standard InChI is InChI=1S/C12H21N3O/c1-12(9-4-5-9)7-11(16)15(14-12)8-10-3-2-6-13-10/h9-10,13-14H,2-8H2,1H3. The molecule has 0 radical (unpaired) electrons. The van der Waals surface area contributed by atoms with Crippen molar-refractivity contribution in [1.29, 1.82) is 0 Å². The minimum Gasteiger partial charge on any atom is -0.312 e. The number of hydrazine groups is 1. The van der Waals surface area contributed by atoms with Crippen LogP contribution in [0.3, 0.4) is 0 Å². The molecule has 3 rings (SSSR count). The van der Waals surface area contributed by atoms with Gasteiger partial charge in [0.1, 0.15) is 0 Å². The number of carbonyl (C=O) groups excluding carboxylic acids is 1. The Morgan fingerprint density at radius 3 is 2.88 bits per heavy atom. The molecule has 2 N–H and O–H groups in total. The van der Waals surface area contributed by atoms with E-state index >= 15 is 0 Å². The zero-order chi connectivity index (χ0) is 11.2. The summed E-state index contributed by atoms with van der Waals surface area (Å²) in [6.07, 6.45) is 5.70. The summed E-state index contributed by atoms with van der Waals surface area (Å²) in [6.45, 7) is 4.14. The zero-order valence-corrected chi connectivity index (χ0v) is 9.96. The van der Waals surface area contributed by atoms with E-state index in [0.29, 0.717) is 12.5 Å². The molecule has 2 heterocycles. The van der Waals surface area contributed by atoms with Gasteiger partial charge in [-0.2, -0.15) is 0 Å². The lowest BCUT2D eigenvalue weighted by Crippen LogP contribution is -2.49. The summed E-state index contributed by atoms with van der Waals surface area (Å²) in [5, 5.41) is 5.30. The molecule has 2 aliphatic heterocycles. The van der Waals surface area contributed by atoms with Gasteiger partial charge in [0, 0.05) is 18.0 Å². The fourth-order valence-electron chi connectivity index (χ4n) is 3.06. The van der Waals surface area contributed by atoms with Gasteiger partial charge in [-0.15, -0.1) is 0 Å². The van der Waals surface area contributed by atoms with Gasteiger partial charge in [-0.3, -0.25) is 9.80 Å². The van der Waals surface area contributed by atoms with Crippen molar-refractivity contribution >= 4 is 5.91 Å². The molecular weight excluding hydrogens is 202 g/mol. The van der Waals surface area contributed by atoms with Crippen molar-refractivity contribution in [2.45, 2.75) is 50.6 Å². The van der Waals surface area contributed by atoms with Crippen molar-refractivity contribution in [3.8, 4) is 0 Å². The Morgan fingerprint density at radius 2 is 2.25 bits per heavy atom. The molecule has 2 atom stereocenters. The molecule has 4 nitrogen and oxygen atoms in total. The maximum absolute atomic E-state index is 11.9. The Kier molecular flexibility index (Phi) is 2.44. The summed E-state index contributed by atoms with van der Waals surface area (Å²) >= 11 is 0. The van der Waals surface area contributed by atoms with E-state index in [1.807, 2.05) is 5.01 Å². The summed E-state index contributed by atoms with van der Waals surface area (Å²) in [6, 6.07) is 0.498. The predicted octanol–water partition coefficient (Wildman–Crippen LogP) is 0.644. The molecule has 0 aromatic rings. The van der Waals surface area contributed by atoms with E-state index in [1.54, 1.807) is 0 Å². The Hall–Kier alpha value is -0.610. The van der Waals surface area contributed by atoms with Gasteiger partial charge >= 0.3 is 0 Å². The highest BCUT2D eigenvalue weighted by atomic mass is 16.2. The highest BCUT2D eigenvalue weighted by Gasteiger charge is 2.49. The first-order valence-corrected chi connectivity index (χ1v) is 6.49. The molecule has 0 spiro atoms. The van der Waals surface area contributed by atoms with Gasteiger partial charge < -0.3 is 5.32 Å². The molecule has 2 unspecified atom stereocenters. The van der Waals surface area contributed by atoms with Crippen LogP contribution in [0.15, 0.2) is 0 Å². The monoisotopic (exact) mass is 223 g/mol. The summed E-state index contributed by atoms with van der Waals surface area (Å²) < 4.78 is 0. The van der Waals surface area contributed by atoms with Crippen molar-refractivity contribution in [3.63, 3.8) is 0 Å². The third-order valence-corrected chi connectivity index (χ3v) is 4.25. The topological polar surface area (TPSA) is 44.4 Å². The van der Waals surface area contributed by atoms with Crippen molar-refractivity contribution in [2.75, 3.05) is 13.1 Å². The Labute approximate surface area is 96.7 Å². The summed E-state index contributed by atoms with van der Waals surface area (Å²) in [4.78, 5) is 11.9. The molecule has 0 bridgehead atoms. The van der Waals surface area contributed by atoms with Crippen LogP contribution in [0.4, 0.5) is 0 Å². The number of nitrogens with one attached hydrogen (secondary N) is 2. The van der Waals surface area contributed by atoms with Crippen LogP contribution < -0.4 is 10.7 Å². The maximum Gasteiger partial charge on any atom is 0.238 e. The normalized spacial score (nSPS) is 39.7. The van der Waals surface area contributed by atoms with E-state index < -0.39 is 0 Å². The first-order chi connectivity index (χ1) is 7.67. The molecule has 4 heteroatoms. The third-order valence-electron chi connectivity index (χ3n) is 4.25. The van der Waals surface area contributed by atoms with Crippen LogP contribution in [0.5, 0.6) is 0 Å². The zero-order valence-electron chi connectivity index (χ0n) is 9.96. The second kappa shape index (κ2) is 3.70. The minimum atomic E-state index is 0.0513. The van der Waals surface area contributed by atoms with Gasteiger partial charge in [0.15, 0.2) is 0 Å². The average Bonchev–Trinajstić information content (AvgIpc) is 2.91. The van der Waals surface area contributed by atoms with Crippen LogP contribution in [-0.2, 0) is 4.79 Å². The van der Waals surface area contributed by atoms with Gasteiger partial charge in [-0.25, -0.2) is 5.43 Å². The van der Waals surface area contributed by atoms with Gasteiger partial charge in [0.05, 0.1) is 6.54 Å². The fourth-order valence-corrected chi connectivity index (χ4v) is 3.06. The largest absolute Gasteiger partial charge is 0.312 e. The molecular formula is C12H21N3O. The van der Waals surface area contributed by atoms with Crippen LogP contribution >= 0.6 is 0 Å². The Morgan fingerprint density at radius 1 is 1.44 bits per heavy atom. The lowest BCUT2D eigenvalue weighted by atomic mass is 9.94. The molecule has 0 aromatic heterocycles. The molecule has 16 heavy (non-hydrogen) atoms. The maximum atomic E-state index is 11.9. The fraction of sp³-hybridized carbons (Fsp3) is 0.917. The second-order valence-corrected chi connectivity index (χ2v) is 5.78. The number of hydrogen-bond acceptors (Lipinski definition) is 3. The van der Waals surface area contributed by atoms with Crippen LogP contribution in [-0.4, -0.2) is 35.6 Å². The lowest BCUT2D eigenvalue weighted by molar-refractivity contribution is -0.129. The molecule has 2 saturated heterocycles. The van der Waals surface area contributed by atoms with Crippen molar-refractivity contribution in [3.05, 3.63) is 0 Å². The van der Waals surface area contributed by atoms with Crippen LogP contribution in [0.1, 0.15) is 39.0 Å². The molecule has 3 fully saturated rings. The number of amides is 1. The molecule has 3 aliphatic rings. The van der Waals surface area contributed by atoms with Crippen LogP contribution in [0.25, 0.3) is 0 Å². The number of hydrogen-bond donors (Lipinski definition) is 2. The molecule has 1 amide bonds. The number of nitrogens with zero attached hydrogens (tertiary/aromatic N) is 1. The molecule has 1 saturated carbocycles. The van der Waals surface area contributed by atoms with E-state index in [2.05, 4.69) is 17.7 Å². The average molecular weight is 223 g/mol. The van der Waals surface area contributed by atoms with Crippen molar-refractivity contribution in [1.82, 2.24) is 15.8 Å². The SMILES string of the molecule is CC1(C2CC2)CC(=O)N(CC2CCCN2)N1. The Balaban J connectivity index is 1.61. The highest BCUT2D eigenvalue weighted by Crippen LogP contribution is 2.43. The second-order valence-electron chi connectivity index (χ2n) is 5.78. The van der Waals surface area contributed by atoms with E-state index in [4.69, 9.17) is 0 Å². The van der Waals surface area contributed by atoms with E-state index in [9.17, 15) is 4.79 Å². The number of rotatable bonds is 3. The van der Waals surface area contributed by atoms with Crippen molar-refractivity contribution in [2.24, 2.45) is 5.92 Å².